The Morgan fingerprint density at radius 2 is 1.00 bits per heavy atom. The van der Waals surface area contributed by atoms with E-state index >= 15 is 0 Å². The molecule has 0 aliphatic carbocycles. The van der Waals surface area contributed by atoms with Crippen molar-refractivity contribution in [3.8, 4) is 0 Å². The summed E-state index contributed by atoms with van der Waals surface area (Å²) in [6, 6.07) is 0. The van der Waals surface area contributed by atoms with Crippen LogP contribution in [0.1, 0.15) is 42.0 Å². The van der Waals surface area contributed by atoms with E-state index in [1.54, 1.807) is 0 Å². The van der Waals surface area contributed by atoms with E-state index in [-0.39, 0.29) is 38.6 Å². The van der Waals surface area contributed by atoms with E-state index in [1.807, 2.05) is 0 Å². The van der Waals surface area contributed by atoms with Crippen molar-refractivity contribution in [2.24, 2.45) is 0 Å². The molecule has 3 N–H and O–H groups in total. The quantitative estimate of drug-likeness (QED) is 0.496. The van der Waals surface area contributed by atoms with Crippen LogP contribution >= 0.6 is 0 Å². The summed E-state index contributed by atoms with van der Waals surface area (Å²) in [5.41, 5.74) is -4.83. The smallest absolute Gasteiger partial charge is 0.357 e. The molecule has 19 heavy (non-hydrogen) atoms. The minimum Gasteiger partial charge on any atom is -0.543 e. The van der Waals surface area contributed by atoms with Crippen LogP contribution in [0.4, 0.5) is 0 Å². The first-order valence-electron chi connectivity index (χ1n) is 4.09. The van der Waals surface area contributed by atoms with Gasteiger partial charge in [-0.25, -0.2) is 24.4 Å². The molecular weight excluding hydrogens is 411 g/mol. The third kappa shape index (κ3) is 3.60. The molecule has 103 valence electrons. The van der Waals surface area contributed by atoms with E-state index in [0.29, 0.717) is 0 Å². The summed E-state index contributed by atoms with van der Waals surface area (Å²) >= 11 is 0. The second kappa shape index (κ2) is 6.42. The van der Waals surface area contributed by atoms with Gasteiger partial charge in [0.2, 0.25) is 0 Å². The maximum Gasteiger partial charge on any atom is 0.357 e. The molecule has 1 rings (SSSR count). The van der Waals surface area contributed by atoms with Crippen molar-refractivity contribution in [3.63, 3.8) is 0 Å². The van der Waals surface area contributed by atoms with Gasteiger partial charge in [-0.1, -0.05) is 0 Å². The van der Waals surface area contributed by atoms with Gasteiger partial charge < -0.3 is 25.2 Å². The molecule has 0 saturated heterocycles. The SMILES string of the molecule is O=C([O-])c1nc(C(=O)O)c(C(=O)O)nc1C(=O)O.[Tb]. The van der Waals surface area contributed by atoms with Crippen LogP contribution in [0.15, 0.2) is 0 Å². The van der Waals surface area contributed by atoms with Gasteiger partial charge in [-0.05, 0) is 0 Å². The molecule has 0 amide bonds. The number of hydrogen-bond acceptors (Lipinski definition) is 7. The Kier molecular flexibility index (Phi) is 5.83. The normalized spacial score (nSPS) is 9.26. The van der Waals surface area contributed by atoms with Crippen LogP contribution in [-0.4, -0.2) is 49.2 Å². The Balaban J connectivity index is 0.00000324. The molecule has 1 aromatic rings. The first-order valence-corrected chi connectivity index (χ1v) is 4.09. The van der Waals surface area contributed by atoms with Gasteiger partial charge in [0, 0.05) is 38.6 Å². The maximum atomic E-state index is 10.7. The first kappa shape index (κ1) is 17.2. The summed E-state index contributed by atoms with van der Waals surface area (Å²) < 4.78 is 0. The summed E-state index contributed by atoms with van der Waals surface area (Å²) in [5, 5.41) is 36.4. The molecule has 0 unspecified atom stereocenters. The average Bonchev–Trinajstić information content (AvgIpc) is 2.26. The van der Waals surface area contributed by atoms with Crippen molar-refractivity contribution >= 4 is 23.9 Å². The molecule has 0 fully saturated rings. The Bertz CT molecular complexity index is 486. The molecule has 0 aromatic carbocycles. The van der Waals surface area contributed by atoms with Crippen LogP contribution in [0.2, 0.25) is 0 Å². The number of nitrogens with zero attached hydrogens (tertiary/aromatic N) is 2. The second-order valence-corrected chi connectivity index (χ2v) is 2.82. The fourth-order valence-corrected chi connectivity index (χ4v) is 1.03. The number of carbonyl (C=O) groups is 4. The van der Waals surface area contributed by atoms with Crippen molar-refractivity contribution in [1.29, 1.82) is 0 Å². The van der Waals surface area contributed by atoms with E-state index in [0.717, 1.165) is 0 Å². The molecular formula is C8H3N2O8Tb-. The van der Waals surface area contributed by atoms with Gasteiger partial charge in [0.05, 0.1) is 5.97 Å². The molecule has 0 atom stereocenters. The minimum atomic E-state index is -2.08. The van der Waals surface area contributed by atoms with Crippen LogP contribution in [0.25, 0.3) is 0 Å². The molecule has 1 aromatic heterocycles. The van der Waals surface area contributed by atoms with Gasteiger partial charge in [-0.3, -0.25) is 0 Å². The Labute approximate surface area is 134 Å². The van der Waals surface area contributed by atoms with Gasteiger partial charge in [-0.15, -0.1) is 0 Å². The Hall–Kier alpha value is -1.75. The number of aromatic nitrogens is 2. The van der Waals surface area contributed by atoms with Crippen LogP contribution in [0, 0.1) is 38.6 Å². The molecule has 0 saturated carbocycles. The van der Waals surface area contributed by atoms with Crippen LogP contribution in [-0.2, 0) is 0 Å². The van der Waals surface area contributed by atoms with E-state index in [1.165, 1.54) is 0 Å². The third-order valence-electron chi connectivity index (χ3n) is 1.70. The largest absolute Gasteiger partial charge is 0.543 e. The second-order valence-electron chi connectivity index (χ2n) is 2.82. The van der Waals surface area contributed by atoms with Crippen molar-refractivity contribution in [3.05, 3.63) is 22.8 Å². The number of carboxylic acids is 4. The van der Waals surface area contributed by atoms with E-state index in [9.17, 15) is 24.3 Å². The van der Waals surface area contributed by atoms with Gasteiger partial charge in [0.15, 0.2) is 17.1 Å². The maximum absolute atomic E-state index is 10.7. The zero-order chi connectivity index (χ0) is 14.0. The number of carbonyl (C=O) groups excluding carboxylic acids is 1. The first-order chi connectivity index (χ1) is 8.25. The van der Waals surface area contributed by atoms with E-state index < -0.39 is 46.7 Å². The predicted molar refractivity (Wildman–Crippen MR) is 47.2 cm³/mol. The average molecular weight is 414 g/mol. The van der Waals surface area contributed by atoms with Crippen molar-refractivity contribution in [2.45, 2.75) is 0 Å². The zero-order valence-corrected chi connectivity index (χ0v) is 10.7. The molecule has 10 nitrogen and oxygen atoms in total. The minimum absolute atomic E-state index is 0. The van der Waals surface area contributed by atoms with Crippen molar-refractivity contribution in [2.75, 3.05) is 0 Å². The third-order valence-corrected chi connectivity index (χ3v) is 1.70. The van der Waals surface area contributed by atoms with Gasteiger partial charge in [-0.2, -0.15) is 0 Å². The van der Waals surface area contributed by atoms with Crippen molar-refractivity contribution in [1.82, 2.24) is 9.97 Å². The molecule has 0 spiro atoms. The van der Waals surface area contributed by atoms with Crippen LogP contribution in [0.5, 0.6) is 0 Å². The number of hydrogen-bond donors (Lipinski definition) is 3. The van der Waals surface area contributed by atoms with Crippen LogP contribution < -0.4 is 5.11 Å². The molecule has 0 aliphatic rings. The van der Waals surface area contributed by atoms with E-state index in [2.05, 4.69) is 9.97 Å². The van der Waals surface area contributed by atoms with Gasteiger partial charge in [0.25, 0.3) is 0 Å². The van der Waals surface area contributed by atoms with Crippen molar-refractivity contribution < 1.29 is 78.2 Å². The number of rotatable bonds is 4. The topological polar surface area (TPSA) is 178 Å². The molecule has 1 heterocycles. The van der Waals surface area contributed by atoms with Gasteiger partial charge >= 0.3 is 17.9 Å². The standard InChI is InChI=1S/C8H4N2O8.Tb/c11-5(12)1-2(6(13)14)10-4(8(17)18)3(9-1)7(15)16;/h(H,11,12)(H,13,14)(H,15,16)(H,17,18);/p-1. The summed E-state index contributed by atoms with van der Waals surface area (Å²) in [7, 11) is 0. The molecule has 0 bridgehead atoms. The monoisotopic (exact) mass is 414 g/mol. The van der Waals surface area contributed by atoms with Crippen LogP contribution in [0.3, 0.4) is 0 Å². The number of aromatic carboxylic acids is 4. The Morgan fingerprint density at radius 1 is 0.737 bits per heavy atom. The van der Waals surface area contributed by atoms with Gasteiger partial charge in [0.1, 0.15) is 5.69 Å². The Morgan fingerprint density at radius 3 is 1.26 bits per heavy atom. The van der Waals surface area contributed by atoms with E-state index in [4.69, 9.17) is 15.3 Å². The fraction of sp³-hybridized carbons (Fsp3) is 0. The summed E-state index contributed by atoms with van der Waals surface area (Å²) in [6.07, 6.45) is 0. The number of carboxylic acid groups (broad SMARTS) is 4. The summed E-state index contributed by atoms with van der Waals surface area (Å²) in [4.78, 5) is 48.4. The molecule has 1 radical (unpaired) electrons. The predicted octanol–water partition coefficient (Wildman–Crippen LogP) is -2.07. The summed E-state index contributed by atoms with van der Waals surface area (Å²) in [6.45, 7) is 0. The molecule has 11 heteroatoms. The fourth-order valence-electron chi connectivity index (χ4n) is 1.03. The zero-order valence-electron chi connectivity index (χ0n) is 8.61. The summed E-state index contributed by atoms with van der Waals surface area (Å²) in [5.74, 6) is -7.67. The molecule has 0 aliphatic heterocycles.